The Balaban J connectivity index is 1.89. The van der Waals surface area contributed by atoms with Crippen molar-refractivity contribution in [3.8, 4) is 0 Å². The zero-order chi connectivity index (χ0) is 13.8. The summed E-state index contributed by atoms with van der Waals surface area (Å²) >= 11 is 0. The summed E-state index contributed by atoms with van der Waals surface area (Å²) in [5.41, 5.74) is 0. The van der Waals surface area contributed by atoms with E-state index in [-0.39, 0.29) is 17.9 Å². The standard InChI is InChI=1S/C14H25N3O2/c1-3-12-14(19)17(13(18)10-15-12)9-7-11-6-4-5-8-16(11)2/h11-12,15H,3-10H2,1-2H3. The van der Waals surface area contributed by atoms with E-state index in [1.54, 1.807) is 0 Å². The Morgan fingerprint density at radius 2 is 2.11 bits per heavy atom. The first kappa shape index (κ1) is 14.5. The number of hydrogen-bond donors (Lipinski definition) is 1. The van der Waals surface area contributed by atoms with Crippen LogP contribution in [0.2, 0.25) is 0 Å². The molecule has 0 bridgehead atoms. The molecule has 2 fully saturated rings. The van der Waals surface area contributed by atoms with E-state index in [0.717, 1.165) is 19.4 Å². The Labute approximate surface area is 115 Å². The van der Waals surface area contributed by atoms with Gasteiger partial charge in [-0.2, -0.15) is 0 Å². The highest BCUT2D eigenvalue weighted by Crippen LogP contribution is 2.18. The lowest BCUT2D eigenvalue weighted by Crippen LogP contribution is -2.58. The number of likely N-dealkylation sites (tertiary alicyclic amines) is 1. The van der Waals surface area contributed by atoms with Crippen LogP contribution in [0.15, 0.2) is 0 Å². The van der Waals surface area contributed by atoms with Crippen molar-refractivity contribution < 1.29 is 9.59 Å². The molecule has 5 heteroatoms. The average Bonchev–Trinajstić information content (AvgIpc) is 2.40. The molecule has 0 aromatic rings. The molecule has 0 aliphatic carbocycles. The van der Waals surface area contributed by atoms with Crippen LogP contribution >= 0.6 is 0 Å². The molecule has 1 N–H and O–H groups in total. The SMILES string of the molecule is CCC1NCC(=O)N(CCC2CCCCN2C)C1=O. The Kier molecular flexibility index (Phi) is 4.93. The first-order valence-electron chi connectivity index (χ1n) is 7.41. The third-order valence-electron chi connectivity index (χ3n) is 4.38. The van der Waals surface area contributed by atoms with E-state index in [2.05, 4.69) is 17.3 Å². The maximum atomic E-state index is 12.2. The Morgan fingerprint density at radius 3 is 2.79 bits per heavy atom. The summed E-state index contributed by atoms with van der Waals surface area (Å²) < 4.78 is 0. The van der Waals surface area contributed by atoms with Crippen molar-refractivity contribution in [2.45, 2.75) is 51.1 Å². The van der Waals surface area contributed by atoms with Gasteiger partial charge < -0.3 is 4.90 Å². The third kappa shape index (κ3) is 3.34. The van der Waals surface area contributed by atoms with Crippen LogP contribution in [-0.4, -0.2) is 60.4 Å². The first-order valence-corrected chi connectivity index (χ1v) is 7.41. The van der Waals surface area contributed by atoms with Crippen LogP contribution in [0.3, 0.4) is 0 Å². The number of rotatable bonds is 4. The van der Waals surface area contributed by atoms with E-state index in [0.29, 0.717) is 19.1 Å². The van der Waals surface area contributed by atoms with Gasteiger partial charge in [0.05, 0.1) is 12.6 Å². The predicted molar refractivity (Wildman–Crippen MR) is 73.7 cm³/mol. The summed E-state index contributed by atoms with van der Waals surface area (Å²) in [4.78, 5) is 27.8. The van der Waals surface area contributed by atoms with Gasteiger partial charge in [-0.15, -0.1) is 0 Å². The molecule has 2 unspecified atom stereocenters. The van der Waals surface area contributed by atoms with Gasteiger partial charge in [-0.05, 0) is 39.3 Å². The molecular formula is C14H25N3O2. The molecule has 0 aromatic carbocycles. The van der Waals surface area contributed by atoms with Crippen molar-refractivity contribution in [1.82, 2.24) is 15.1 Å². The number of piperazine rings is 1. The quantitative estimate of drug-likeness (QED) is 0.758. The van der Waals surface area contributed by atoms with E-state index in [9.17, 15) is 9.59 Å². The minimum atomic E-state index is -0.179. The van der Waals surface area contributed by atoms with E-state index in [4.69, 9.17) is 0 Å². The van der Waals surface area contributed by atoms with Crippen LogP contribution in [-0.2, 0) is 9.59 Å². The lowest BCUT2D eigenvalue weighted by atomic mass is 9.99. The second kappa shape index (κ2) is 6.48. The predicted octanol–water partition coefficient (Wildman–Crippen LogP) is 0.598. The van der Waals surface area contributed by atoms with Gasteiger partial charge in [0.15, 0.2) is 0 Å². The molecule has 2 aliphatic heterocycles. The van der Waals surface area contributed by atoms with Crippen LogP contribution in [0.25, 0.3) is 0 Å². The fourth-order valence-corrected chi connectivity index (χ4v) is 3.05. The Morgan fingerprint density at radius 1 is 1.32 bits per heavy atom. The Hall–Kier alpha value is -0.940. The van der Waals surface area contributed by atoms with Gasteiger partial charge in [0.1, 0.15) is 0 Å². The number of amides is 2. The molecule has 0 saturated carbocycles. The molecule has 2 heterocycles. The summed E-state index contributed by atoms with van der Waals surface area (Å²) in [5, 5.41) is 2.99. The summed E-state index contributed by atoms with van der Waals surface area (Å²) in [5.74, 6) is -0.120. The minimum Gasteiger partial charge on any atom is -0.303 e. The highest BCUT2D eigenvalue weighted by atomic mass is 16.2. The number of nitrogens with zero attached hydrogens (tertiary/aromatic N) is 2. The van der Waals surface area contributed by atoms with Crippen molar-refractivity contribution in [3.63, 3.8) is 0 Å². The maximum Gasteiger partial charge on any atom is 0.246 e. The molecule has 0 aromatic heterocycles. The highest BCUT2D eigenvalue weighted by Gasteiger charge is 2.33. The molecule has 19 heavy (non-hydrogen) atoms. The smallest absolute Gasteiger partial charge is 0.246 e. The fourth-order valence-electron chi connectivity index (χ4n) is 3.05. The summed E-state index contributed by atoms with van der Waals surface area (Å²) in [7, 11) is 2.14. The molecular weight excluding hydrogens is 242 g/mol. The molecule has 108 valence electrons. The lowest BCUT2D eigenvalue weighted by molar-refractivity contribution is -0.149. The zero-order valence-electron chi connectivity index (χ0n) is 12.0. The lowest BCUT2D eigenvalue weighted by Gasteiger charge is -2.36. The minimum absolute atomic E-state index is 0.0442. The van der Waals surface area contributed by atoms with Crippen LogP contribution in [0.5, 0.6) is 0 Å². The topological polar surface area (TPSA) is 52.7 Å². The van der Waals surface area contributed by atoms with Crippen LogP contribution < -0.4 is 5.32 Å². The molecule has 2 saturated heterocycles. The van der Waals surface area contributed by atoms with E-state index >= 15 is 0 Å². The second-order valence-electron chi connectivity index (χ2n) is 5.64. The van der Waals surface area contributed by atoms with Gasteiger partial charge in [0.2, 0.25) is 11.8 Å². The van der Waals surface area contributed by atoms with E-state index < -0.39 is 0 Å². The number of hydrogen-bond acceptors (Lipinski definition) is 4. The highest BCUT2D eigenvalue weighted by molar-refractivity contribution is 6.01. The monoisotopic (exact) mass is 267 g/mol. The van der Waals surface area contributed by atoms with Crippen molar-refractivity contribution in [2.24, 2.45) is 0 Å². The summed E-state index contributed by atoms with van der Waals surface area (Å²) in [6, 6.07) is 0.339. The maximum absolute atomic E-state index is 12.2. The normalized spacial score (nSPS) is 29.9. The van der Waals surface area contributed by atoms with Gasteiger partial charge in [-0.1, -0.05) is 13.3 Å². The van der Waals surface area contributed by atoms with Crippen molar-refractivity contribution in [1.29, 1.82) is 0 Å². The number of carbonyl (C=O) groups excluding carboxylic acids is 2. The summed E-state index contributed by atoms with van der Waals surface area (Å²) in [6.07, 6.45) is 5.35. The number of piperidine rings is 1. The largest absolute Gasteiger partial charge is 0.303 e. The number of carbonyl (C=O) groups is 2. The molecule has 0 spiro atoms. The molecule has 2 amide bonds. The van der Waals surface area contributed by atoms with Gasteiger partial charge >= 0.3 is 0 Å². The molecule has 2 rings (SSSR count). The fraction of sp³-hybridized carbons (Fsp3) is 0.857. The average molecular weight is 267 g/mol. The molecule has 2 atom stereocenters. The van der Waals surface area contributed by atoms with Crippen molar-refractivity contribution >= 4 is 11.8 Å². The molecule has 0 radical (unpaired) electrons. The van der Waals surface area contributed by atoms with Gasteiger partial charge in [0.25, 0.3) is 0 Å². The molecule has 5 nitrogen and oxygen atoms in total. The van der Waals surface area contributed by atoms with Gasteiger partial charge in [-0.3, -0.25) is 19.8 Å². The second-order valence-corrected chi connectivity index (χ2v) is 5.64. The van der Waals surface area contributed by atoms with Gasteiger partial charge in [-0.25, -0.2) is 0 Å². The van der Waals surface area contributed by atoms with Crippen LogP contribution in [0.4, 0.5) is 0 Å². The Bertz CT molecular complexity index is 346. The first-order chi connectivity index (χ1) is 9.13. The van der Waals surface area contributed by atoms with Crippen molar-refractivity contribution in [2.75, 3.05) is 26.7 Å². The van der Waals surface area contributed by atoms with E-state index in [1.807, 2.05) is 6.92 Å². The van der Waals surface area contributed by atoms with Crippen LogP contribution in [0.1, 0.15) is 39.0 Å². The van der Waals surface area contributed by atoms with Crippen molar-refractivity contribution in [3.05, 3.63) is 0 Å². The molecule has 2 aliphatic rings. The van der Waals surface area contributed by atoms with Crippen LogP contribution in [0, 0.1) is 0 Å². The number of nitrogens with one attached hydrogen (secondary N) is 1. The van der Waals surface area contributed by atoms with E-state index in [1.165, 1.54) is 24.2 Å². The number of imide groups is 1. The third-order valence-corrected chi connectivity index (χ3v) is 4.38. The van der Waals surface area contributed by atoms with Gasteiger partial charge in [0, 0.05) is 12.6 Å². The zero-order valence-corrected chi connectivity index (χ0v) is 12.0. The summed E-state index contributed by atoms with van der Waals surface area (Å²) in [6.45, 7) is 3.97.